The summed E-state index contributed by atoms with van der Waals surface area (Å²) in [6.45, 7) is 2.93. The molecule has 1 aliphatic rings. The number of thiophene rings is 2. The second-order valence-corrected chi connectivity index (χ2v) is 10.7. The molecule has 1 nitrogen and oxygen atoms in total. The van der Waals surface area contributed by atoms with Crippen LogP contribution in [0.1, 0.15) is 20.9 Å². The molecule has 0 spiro atoms. The van der Waals surface area contributed by atoms with Crippen LogP contribution in [0.2, 0.25) is 0 Å². The SMILES string of the molecule is Cc1sc(-c2ccccc2)cc1C1=C(c2cc(-c3ccccn3)sc2C)C(F)(F)C(F)(F)C1(F)F. The Morgan fingerprint density at radius 1 is 0.657 bits per heavy atom. The molecule has 3 aromatic heterocycles. The highest BCUT2D eigenvalue weighted by atomic mass is 32.1. The largest absolute Gasteiger partial charge is 0.380 e. The van der Waals surface area contributed by atoms with Crippen molar-refractivity contribution in [3.05, 3.63) is 87.7 Å². The molecule has 0 amide bonds. The first-order valence-electron chi connectivity index (χ1n) is 10.5. The molecule has 180 valence electrons. The third kappa shape index (κ3) is 3.47. The molecule has 3 heterocycles. The Balaban J connectivity index is 1.78. The minimum atomic E-state index is -5.59. The summed E-state index contributed by atoms with van der Waals surface area (Å²) in [5.41, 5.74) is -2.15. The standard InChI is InChI=1S/C26H17F6NS2/c1-14-17(12-20(34-14)16-8-4-3-5-9-16)22-23(25(29,30)26(31,32)24(22,27)28)18-13-21(35-15(18)2)19-10-6-7-11-33-19/h3-13H,1-2H3. The van der Waals surface area contributed by atoms with Gasteiger partial charge >= 0.3 is 17.8 Å². The summed E-state index contributed by atoms with van der Waals surface area (Å²) in [6.07, 6.45) is 1.50. The van der Waals surface area contributed by atoms with Crippen LogP contribution >= 0.6 is 22.7 Å². The van der Waals surface area contributed by atoms with Crippen molar-refractivity contribution in [3.63, 3.8) is 0 Å². The Morgan fingerprint density at radius 2 is 1.17 bits per heavy atom. The lowest BCUT2D eigenvalue weighted by Crippen LogP contribution is -2.48. The summed E-state index contributed by atoms with van der Waals surface area (Å²) in [5.74, 6) is -15.8. The molecule has 9 heteroatoms. The normalized spacial score (nSPS) is 18.3. The first kappa shape index (κ1) is 23.8. The maximum absolute atomic E-state index is 15.3. The average Bonchev–Trinajstić information content (AvgIpc) is 3.42. The van der Waals surface area contributed by atoms with Crippen molar-refractivity contribution in [2.45, 2.75) is 31.6 Å². The van der Waals surface area contributed by atoms with Gasteiger partial charge in [0.25, 0.3) is 0 Å². The monoisotopic (exact) mass is 521 g/mol. The van der Waals surface area contributed by atoms with Crippen LogP contribution in [0.25, 0.3) is 32.2 Å². The molecule has 4 aromatic rings. The summed E-state index contributed by atoms with van der Waals surface area (Å²) in [5, 5.41) is 0. The maximum atomic E-state index is 15.3. The molecular weight excluding hydrogens is 504 g/mol. The molecule has 0 N–H and O–H groups in total. The molecule has 0 bridgehead atoms. The van der Waals surface area contributed by atoms with Gasteiger partial charge in [0.2, 0.25) is 0 Å². The predicted molar refractivity (Wildman–Crippen MR) is 128 cm³/mol. The first-order chi connectivity index (χ1) is 16.5. The highest BCUT2D eigenvalue weighted by Gasteiger charge is 2.80. The van der Waals surface area contributed by atoms with Crippen molar-refractivity contribution in [2.24, 2.45) is 0 Å². The van der Waals surface area contributed by atoms with Crippen molar-refractivity contribution in [1.82, 2.24) is 4.98 Å². The van der Waals surface area contributed by atoms with E-state index in [9.17, 15) is 8.78 Å². The molecule has 5 rings (SSSR count). The molecule has 0 unspecified atom stereocenters. The van der Waals surface area contributed by atoms with Crippen molar-refractivity contribution in [2.75, 3.05) is 0 Å². The Bertz CT molecular complexity index is 1330. The van der Waals surface area contributed by atoms with Crippen molar-refractivity contribution >= 4 is 33.8 Å². The van der Waals surface area contributed by atoms with Gasteiger partial charge in [-0.3, -0.25) is 4.98 Å². The van der Waals surface area contributed by atoms with Crippen LogP contribution < -0.4 is 0 Å². The molecule has 0 fully saturated rings. The third-order valence-electron chi connectivity index (χ3n) is 6.02. The molecule has 1 aliphatic carbocycles. The molecule has 0 saturated carbocycles. The number of halogens is 6. The van der Waals surface area contributed by atoms with Gasteiger partial charge in [-0.25, -0.2) is 0 Å². The van der Waals surface area contributed by atoms with Gasteiger partial charge in [0.15, 0.2) is 0 Å². The molecular formula is C26H17F6NS2. The molecule has 1 aromatic carbocycles. The lowest BCUT2D eigenvalue weighted by molar-refractivity contribution is -0.254. The van der Waals surface area contributed by atoms with Gasteiger partial charge in [-0.2, -0.15) is 26.3 Å². The zero-order valence-electron chi connectivity index (χ0n) is 18.4. The molecule has 0 saturated heterocycles. The van der Waals surface area contributed by atoms with E-state index in [0.717, 1.165) is 22.7 Å². The smallest absolute Gasteiger partial charge is 0.255 e. The summed E-state index contributed by atoms with van der Waals surface area (Å²) in [4.78, 5) is 5.59. The lowest BCUT2D eigenvalue weighted by atomic mass is 9.94. The number of aryl methyl sites for hydroxylation is 2. The van der Waals surface area contributed by atoms with E-state index in [-0.39, 0.29) is 20.9 Å². The van der Waals surface area contributed by atoms with Crippen LogP contribution in [0.5, 0.6) is 0 Å². The number of aromatic nitrogens is 1. The van der Waals surface area contributed by atoms with E-state index in [4.69, 9.17) is 0 Å². The second kappa shape index (κ2) is 8.06. The van der Waals surface area contributed by atoms with E-state index in [0.29, 0.717) is 21.0 Å². The van der Waals surface area contributed by atoms with Gasteiger partial charge < -0.3 is 0 Å². The van der Waals surface area contributed by atoms with Crippen LogP contribution in [-0.4, -0.2) is 22.8 Å². The minimum absolute atomic E-state index is 0.225. The van der Waals surface area contributed by atoms with Crippen LogP contribution in [0, 0.1) is 13.8 Å². The number of pyridine rings is 1. The van der Waals surface area contributed by atoms with Crippen molar-refractivity contribution < 1.29 is 26.3 Å². The number of benzene rings is 1. The van der Waals surface area contributed by atoms with Crippen molar-refractivity contribution in [1.29, 1.82) is 0 Å². The highest BCUT2D eigenvalue weighted by Crippen LogP contribution is 2.66. The van der Waals surface area contributed by atoms with E-state index in [1.807, 2.05) is 0 Å². The zero-order valence-corrected chi connectivity index (χ0v) is 20.0. The van der Waals surface area contributed by atoms with E-state index in [1.54, 1.807) is 48.5 Å². The summed E-state index contributed by atoms with van der Waals surface area (Å²) in [7, 11) is 0. The number of hydrogen-bond acceptors (Lipinski definition) is 3. The topological polar surface area (TPSA) is 12.9 Å². The fraction of sp³-hybridized carbons (Fsp3) is 0.192. The molecule has 0 radical (unpaired) electrons. The van der Waals surface area contributed by atoms with Gasteiger partial charge in [-0.1, -0.05) is 36.4 Å². The van der Waals surface area contributed by atoms with Crippen LogP contribution in [0.3, 0.4) is 0 Å². The Kier molecular flexibility index (Phi) is 5.49. The van der Waals surface area contributed by atoms with E-state index >= 15 is 17.6 Å². The zero-order chi connectivity index (χ0) is 25.2. The van der Waals surface area contributed by atoms with Gasteiger partial charge in [0.05, 0.1) is 10.6 Å². The van der Waals surface area contributed by atoms with Gasteiger partial charge in [0, 0.05) is 32.0 Å². The van der Waals surface area contributed by atoms with E-state index in [2.05, 4.69) is 4.98 Å². The first-order valence-corrected chi connectivity index (χ1v) is 12.2. The number of nitrogens with zero attached hydrogens (tertiary/aromatic N) is 1. The number of allylic oxidation sites excluding steroid dienone is 2. The quantitative estimate of drug-likeness (QED) is 0.244. The van der Waals surface area contributed by atoms with Crippen molar-refractivity contribution in [3.8, 4) is 21.0 Å². The number of hydrogen-bond donors (Lipinski definition) is 0. The summed E-state index contributed by atoms with van der Waals surface area (Å²) in [6, 6.07) is 16.3. The fourth-order valence-electron chi connectivity index (χ4n) is 4.27. The Morgan fingerprint density at radius 3 is 1.71 bits per heavy atom. The van der Waals surface area contributed by atoms with E-state index < -0.39 is 28.9 Å². The number of alkyl halides is 6. The summed E-state index contributed by atoms with van der Waals surface area (Å²) < 4.78 is 90.5. The molecule has 0 aliphatic heterocycles. The Labute approximate surface area is 205 Å². The van der Waals surface area contributed by atoms with Gasteiger partial charge in [0.1, 0.15) is 0 Å². The molecule has 35 heavy (non-hydrogen) atoms. The lowest BCUT2D eigenvalue weighted by Gasteiger charge is -2.25. The number of rotatable bonds is 4. The van der Waals surface area contributed by atoms with Gasteiger partial charge in [-0.15, -0.1) is 22.7 Å². The third-order valence-corrected chi connectivity index (χ3v) is 8.19. The maximum Gasteiger partial charge on any atom is 0.380 e. The fourth-order valence-corrected chi connectivity index (χ4v) is 6.31. The summed E-state index contributed by atoms with van der Waals surface area (Å²) >= 11 is 2.14. The second-order valence-electron chi connectivity index (χ2n) is 8.22. The van der Waals surface area contributed by atoms with Crippen LogP contribution in [-0.2, 0) is 0 Å². The van der Waals surface area contributed by atoms with Gasteiger partial charge in [-0.05, 0) is 54.8 Å². The molecule has 0 atom stereocenters. The minimum Gasteiger partial charge on any atom is -0.255 e. The highest BCUT2D eigenvalue weighted by molar-refractivity contribution is 7.16. The van der Waals surface area contributed by atoms with Crippen LogP contribution in [0.4, 0.5) is 26.3 Å². The Hall–Kier alpha value is -2.91. The van der Waals surface area contributed by atoms with E-state index in [1.165, 1.54) is 32.2 Å². The van der Waals surface area contributed by atoms with Crippen LogP contribution in [0.15, 0.2) is 66.9 Å². The predicted octanol–water partition coefficient (Wildman–Crippen LogP) is 8.99. The average molecular weight is 522 g/mol.